The predicted molar refractivity (Wildman–Crippen MR) is 73.7 cm³/mol. The van der Waals surface area contributed by atoms with Crippen LogP contribution in [0, 0.1) is 11.3 Å². The Morgan fingerprint density at radius 3 is 2.53 bits per heavy atom. The van der Waals surface area contributed by atoms with Gasteiger partial charge in [-0.05, 0) is 24.3 Å². The molecule has 0 spiro atoms. The first-order chi connectivity index (χ1) is 9.29. The Hall–Kier alpha value is -2.18. The molecule has 0 aromatic heterocycles. The van der Waals surface area contributed by atoms with E-state index in [0.29, 0.717) is 29.5 Å². The first kappa shape index (κ1) is 13.3. The molecule has 0 atom stereocenters. The number of ether oxygens (including phenoxy) is 2. The lowest BCUT2D eigenvalue weighted by Gasteiger charge is -2.09. The summed E-state index contributed by atoms with van der Waals surface area (Å²) < 4.78 is 11.0. The Balaban J connectivity index is 2.04. The van der Waals surface area contributed by atoms with Crippen LogP contribution in [0.1, 0.15) is 6.42 Å². The van der Waals surface area contributed by atoms with Crippen LogP contribution in [0.4, 0.5) is 0 Å². The summed E-state index contributed by atoms with van der Waals surface area (Å²) in [7, 11) is 0. The maximum Gasteiger partial charge on any atom is 0.138 e. The fourth-order valence-electron chi connectivity index (χ4n) is 1.49. The quantitative estimate of drug-likeness (QED) is 0.757. The number of nitrogens with zero attached hydrogens (tertiary/aromatic N) is 1. The number of benzene rings is 2. The van der Waals surface area contributed by atoms with Gasteiger partial charge in [0.2, 0.25) is 0 Å². The fourth-order valence-corrected chi connectivity index (χ4v) is 1.72. The minimum Gasteiger partial charge on any atom is -0.491 e. The van der Waals surface area contributed by atoms with E-state index in [-0.39, 0.29) is 0 Å². The van der Waals surface area contributed by atoms with Gasteiger partial charge in [-0.2, -0.15) is 5.26 Å². The molecule has 0 amide bonds. The summed E-state index contributed by atoms with van der Waals surface area (Å²) in [6, 6.07) is 16.7. The summed E-state index contributed by atoms with van der Waals surface area (Å²) in [5.41, 5.74) is 0. The lowest BCUT2D eigenvalue weighted by molar-refractivity contribution is 0.326. The highest BCUT2D eigenvalue weighted by Gasteiger charge is 2.04. The van der Waals surface area contributed by atoms with Gasteiger partial charge in [-0.25, -0.2) is 0 Å². The highest BCUT2D eigenvalue weighted by atomic mass is 35.5. The number of hydrogen-bond acceptors (Lipinski definition) is 3. The molecule has 3 nitrogen and oxygen atoms in total. The molecule has 0 fully saturated rings. The second-order valence-electron chi connectivity index (χ2n) is 3.76. The summed E-state index contributed by atoms with van der Waals surface area (Å²) in [5.74, 6) is 1.94. The number of rotatable bonds is 5. The van der Waals surface area contributed by atoms with E-state index in [1.807, 2.05) is 36.4 Å². The van der Waals surface area contributed by atoms with Crippen molar-refractivity contribution in [1.29, 1.82) is 5.26 Å². The number of halogens is 1. The van der Waals surface area contributed by atoms with Crippen molar-refractivity contribution in [3.05, 3.63) is 53.6 Å². The van der Waals surface area contributed by atoms with Gasteiger partial charge in [-0.15, -0.1) is 0 Å². The maximum atomic E-state index is 8.44. The summed E-state index contributed by atoms with van der Waals surface area (Å²) in [5, 5.41) is 8.90. The maximum absolute atomic E-state index is 8.44. The number of nitriles is 1. The van der Waals surface area contributed by atoms with Crippen LogP contribution >= 0.6 is 11.6 Å². The van der Waals surface area contributed by atoms with Crippen LogP contribution in [0.2, 0.25) is 5.02 Å². The molecule has 0 N–H and O–H groups in total. The van der Waals surface area contributed by atoms with Crippen molar-refractivity contribution >= 4 is 11.6 Å². The van der Waals surface area contributed by atoms with Crippen LogP contribution in [0.15, 0.2) is 48.5 Å². The Kier molecular flexibility index (Phi) is 4.66. The molecular formula is C15H12ClNO2. The van der Waals surface area contributed by atoms with E-state index in [0.717, 1.165) is 5.75 Å². The highest BCUT2D eigenvalue weighted by molar-refractivity contribution is 6.32. The smallest absolute Gasteiger partial charge is 0.138 e. The van der Waals surface area contributed by atoms with Crippen LogP contribution in [-0.4, -0.2) is 6.61 Å². The minimum absolute atomic E-state index is 0.328. The van der Waals surface area contributed by atoms with Gasteiger partial charge in [0.1, 0.15) is 23.9 Å². The van der Waals surface area contributed by atoms with Crippen LogP contribution in [0.5, 0.6) is 17.2 Å². The Labute approximate surface area is 117 Å². The summed E-state index contributed by atoms with van der Waals surface area (Å²) in [6.07, 6.45) is 0.332. The Bertz CT molecular complexity index is 578. The number of hydrogen-bond donors (Lipinski definition) is 0. The zero-order chi connectivity index (χ0) is 13.5. The molecule has 0 saturated carbocycles. The molecule has 19 heavy (non-hydrogen) atoms. The first-order valence-corrected chi connectivity index (χ1v) is 6.19. The van der Waals surface area contributed by atoms with Crippen molar-refractivity contribution in [2.75, 3.05) is 6.61 Å². The molecular weight excluding hydrogens is 262 g/mol. The van der Waals surface area contributed by atoms with Crippen molar-refractivity contribution in [3.8, 4) is 23.3 Å². The average molecular weight is 274 g/mol. The van der Waals surface area contributed by atoms with Crippen LogP contribution in [-0.2, 0) is 0 Å². The predicted octanol–water partition coefficient (Wildman–Crippen LogP) is 4.42. The summed E-state index contributed by atoms with van der Waals surface area (Å²) >= 11 is 6.09. The number of para-hydroxylation sites is 1. The van der Waals surface area contributed by atoms with Gasteiger partial charge >= 0.3 is 0 Å². The second-order valence-corrected chi connectivity index (χ2v) is 4.17. The topological polar surface area (TPSA) is 42.2 Å². The molecule has 0 unspecified atom stereocenters. The van der Waals surface area contributed by atoms with Gasteiger partial charge in [-0.1, -0.05) is 29.8 Å². The van der Waals surface area contributed by atoms with Crippen LogP contribution < -0.4 is 9.47 Å². The fraction of sp³-hybridized carbons (Fsp3) is 0.133. The van der Waals surface area contributed by atoms with Crippen molar-refractivity contribution in [1.82, 2.24) is 0 Å². The normalized spacial score (nSPS) is 9.68. The summed E-state index contributed by atoms with van der Waals surface area (Å²) in [6.45, 7) is 0.328. The minimum atomic E-state index is 0.328. The Morgan fingerprint density at radius 2 is 1.84 bits per heavy atom. The van der Waals surface area contributed by atoms with Crippen LogP contribution in [0.3, 0.4) is 0 Å². The molecule has 2 rings (SSSR count). The summed E-state index contributed by atoms with van der Waals surface area (Å²) in [4.78, 5) is 0. The molecule has 0 radical (unpaired) electrons. The molecule has 2 aromatic carbocycles. The Morgan fingerprint density at radius 1 is 1.05 bits per heavy atom. The molecule has 0 heterocycles. The van der Waals surface area contributed by atoms with Gasteiger partial charge < -0.3 is 9.47 Å². The van der Waals surface area contributed by atoms with Gasteiger partial charge in [-0.3, -0.25) is 0 Å². The third-order valence-electron chi connectivity index (χ3n) is 2.35. The third kappa shape index (κ3) is 3.90. The van der Waals surface area contributed by atoms with E-state index in [4.69, 9.17) is 26.3 Å². The van der Waals surface area contributed by atoms with E-state index in [9.17, 15) is 0 Å². The molecule has 0 aliphatic heterocycles. The molecule has 0 aliphatic carbocycles. The zero-order valence-corrected chi connectivity index (χ0v) is 10.9. The van der Waals surface area contributed by atoms with Gasteiger partial charge in [0.05, 0.1) is 17.5 Å². The highest BCUT2D eigenvalue weighted by Crippen LogP contribution is 2.31. The largest absolute Gasteiger partial charge is 0.491 e. The monoisotopic (exact) mass is 273 g/mol. The van der Waals surface area contributed by atoms with E-state index in [1.165, 1.54) is 0 Å². The first-order valence-electron chi connectivity index (χ1n) is 5.82. The van der Waals surface area contributed by atoms with Crippen molar-refractivity contribution in [2.45, 2.75) is 6.42 Å². The molecule has 0 saturated heterocycles. The van der Waals surface area contributed by atoms with E-state index < -0.39 is 0 Å². The lowest BCUT2D eigenvalue weighted by atomic mass is 10.3. The van der Waals surface area contributed by atoms with Crippen molar-refractivity contribution in [2.24, 2.45) is 0 Å². The van der Waals surface area contributed by atoms with Gasteiger partial charge in [0.15, 0.2) is 0 Å². The molecule has 2 aromatic rings. The van der Waals surface area contributed by atoms with E-state index >= 15 is 0 Å². The second kappa shape index (κ2) is 6.67. The standard InChI is InChI=1S/C15H12ClNO2/c16-14-11-13(19-12-5-2-1-3-6-12)7-8-15(14)18-10-4-9-17/h1-3,5-8,11H,4,10H2. The SMILES string of the molecule is N#CCCOc1ccc(Oc2ccccc2)cc1Cl. The molecule has 4 heteroatoms. The van der Waals surface area contributed by atoms with Gasteiger partial charge in [0, 0.05) is 6.07 Å². The van der Waals surface area contributed by atoms with E-state index in [1.54, 1.807) is 18.2 Å². The third-order valence-corrected chi connectivity index (χ3v) is 2.65. The molecule has 0 aliphatic rings. The van der Waals surface area contributed by atoms with E-state index in [2.05, 4.69) is 0 Å². The average Bonchev–Trinajstić information content (AvgIpc) is 2.43. The van der Waals surface area contributed by atoms with Crippen LogP contribution in [0.25, 0.3) is 0 Å². The van der Waals surface area contributed by atoms with Crippen molar-refractivity contribution < 1.29 is 9.47 Å². The molecule has 96 valence electrons. The van der Waals surface area contributed by atoms with Gasteiger partial charge in [0.25, 0.3) is 0 Å². The lowest BCUT2D eigenvalue weighted by Crippen LogP contribution is -1.96. The molecule has 0 bridgehead atoms. The van der Waals surface area contributed by atoms with Crippen molar-refractivity contribution in [3.63, 3.8) is 0 Å². The zero-order valence-electron chi connectivity index (χ0n) is 10.2.